The van der Waals surface area contributed by atoms with Crippen molar-refractivity contribution in [1.82, 2.24) is 0 Å². The van der Waals surface area contributed by atoms with E-state index >= 15 is 0 Å². The van der Waals surface area contributed by atoms with E-state index in [1.807, 2.05) is 11.3 Å². The molecule has 48 heavy (non-hydrogen) atoms. The zero-order valence-electron chi connectivity index (χ0n) is 26.3. The molecule has 1 aromatic heterocycles. The molecule has 0 atom stereocenters. The topological polar surface area (TPSA) is 3.24 Å². The number of fused-ring (bicyclic) bond motifs is 5. The van der Waals surface area contributed by atoms with E-state index in [0.717, 1.165) is 11.4 Å². The molecule has 0 N–H and O–H groups in total. The number of rotatable bonds is 6. The Morgan fingerprint density at radius 1 is 0.354 bits per heavy atom. The third-order valence-corrected chi connectivity index (χ3v) is 10.5. The molecule has 0 aliphatic heterocycles. The SMILES string of the molecule is c1ccc(-c2ccc(N(c3ccc(-c4ccccc4)cc3)c3cccc4c3sc3cc(-c5ccccc5)c5ccccc5c34)cc2)cc1. The quantitative estimate of drug-likeness (QED) is 0.177. The summed E-state index contributed by atoms with van der Waals surface area (Å²) in [6.07, 6.45) is 0. The van der Waals surface area contributed by atoms with Crippen LogP contribution in [0.2, 0.25) is 0 Å². The van der Waals surface area contributed by atoms with Crippen molar-refractivity contribution in [1.29, 1.82) is 0 Å². The van der Waals surface area contributed by atoms with E-state index < -0.39 is 0 Å². The summed E-state index contributed by atoms with van der Waals surface area (Å²) >= 11 is 1.89. The zero-order valence-corrected chi connectivity index (χ0v) is 27.1. The van der Waals surface area contributed by atoms with Crippen molar-refractivity contribution in [3.8, 4) is 33.4 Å². The maximum atomic E-state index is 2.42. The van der Waals surface area contributed by atoms with E-state index in [2.05, 4.69) is 193 Å². The van der Waals surface area contributed by atoms with Crippen LogP contribution in [0.4, 0.5) is 17.1 Å². The molecule has 0 aliphatic rings. The molecule has 0 radical (unpaired) electrons. The van der Waals surface area contributed by atoms with Crippen molar-refractivity contribution in [3.05, 3.63) is 188 Å². The Morgan fingerprint density at radius 3 is 1.38 bits per heavy atom. The van der Waals surface area contributed by atoms with Crippen molar-refractivity contribution in [2.24, 2.45) is 0 Å². The highest BCUT2D eigenvalue weighted by molar-refractivity contribution is 7.26. The summed E-state index contributed by atoms with van der Waals surface area (Å²) in [5, 5.41) is 5.19. The Morgan fingerprint density at radius 2 is 0.812 bits per heavy atom. The molecule has 0 spiro atoms. The lowest BCUT2D eigenvalue weighted by molar-refractivity contribution is 1.30. The highest BCUT2D eigenvalue weighted by Crippen LogP contribution is 2.48. The molecule has 226 valence electrons. The number of hydrogen-bond acceptors (Lipinski definition) is 2. The number of anilines is 3. The van der Waals surface area contributed by atoms with E-state index in [-0.39, 0.29) is 0 Å². The van der Waals surface area contributed by atoms with Gasteiger partial charge in [0.25, 0.3) is 0 Å². The number of nitrogens with zero attached hydrogens (tertiary/aromatic N) is 1. The summed E-state index contributed by atoms with van der Waals surface area (Å²) in [6.45, 7) is 0. The van der Waals surface area contributed by atoms with Crippen LogP contribution >= 0.6 is 11.3 Å². The monoisotopic (exact) mass is 629 g/mol. The third kappa shape index (κ3) is 4.95. The summed E-state index contributed by atoms with van der Waals surface area (Å²) in [4.78, 5) is 2.42. The van der Waals surface area contributed by atoms with Crippen molar-refractivity contribution in [3.63, 3.8) is 0 Å². The Bertz CT molecular complexity index is 2430. The lowest BCUT2D eigenvalue weighted by atomic mass is 9.95. The molecule has 1 heterocycles. The first kappa shape index (κ1) is 28.3. The fourth-order valence-corrected chi connectivity index (χ4v) is 8.24. The smallest absolute Gasteiger partial charge is 0.0640 e. The van der Waals surface area contributed by atoms with Gasteiger partial charge in [0.1, 0.15) is 0 Å². The number of hydrogen-bond donors (Lipinski definition) is 0. The van der Waals surface area contributed by atoms with Gasteiger partial charge in [0.15, 0.2) is 0 Å². The fraction of sp³-hybridized carbons (Fsp3) is 0. The van der Waals surface area contributed by atoms with Crippen LogP contribution in [0, 0.1) is 0 Å². The summed E-state index contributed by atoms with van der Waals surface area (Å²) in [6, 6.07) is 68.0. The number of thiophene rings is 1. The molecule has 0 unspecified atom stereocenters. The van der Waals surface area contributed by atoms with Gasteiger partial charge in [0.2, 0.25) is 0 Å². The van der Waals surface area contributed by atoms with Gasteiger partial charge >= 0.3 is 0 Å². The molecule has 0 bridgehead atoms. The third-order valence-electron chi connectivity index (χ3n) is 9.27. The molecule has 9 aromatic rings. The van der Waals surface area contributed by atoms with E-state index in [9.17, 15) is 0 Å². The molecular weight excluding hydrogens is 599 g/mol. The highest BCUT2D eigenvalue weighted by atomic mass is 32.1. The second-order valence-electron chi connectivity index (χ2n) is 12.1. The minimum atomic E-state index is 1.13. The summed E-state index contributed by atoms with van der Waals surface area (Å²) in [5.74, 6) is 0. The van der Waals surface area contributed by atoms with Crippen LogP contribution < -0.4 is 4.90 Å². The van der Waals surface area contributed by atoms with Gasteiger partial charge in [-0.2, -0.15) is 0 Å². The summed E-state index contributed by atoms with van der Waals surface area (Å²) < 4.78 is 2.58. The summed E-state index contributed by atoms with van der Waals surface area (Å²) in [7, 11) is 0. The Hall–Kier alpha value is -5.96. The van der Waals surface area contributed by atoms with Gasteiger partial charge < -0.3 is 4.90 Å². The van der Waals surface area contributed by atoms with Crippen LogP contribution in [0.1, 0.15) is 0 Å². The minimum absolute atomic E-state index is 1.13. The maximum Gasteiger partial charge on any atom is 0.0640 e. The van der Waals surface area contributed by atoms with Crippen molar-refractivity contribution in [2.45, 2.75) is 0 Å². The van der Waals surface area contributed by atoms with Gasteiger partial charge in [0, 0.05) is 26.8 Å². The average molecular weight is 630 g/mol. The van der Waals surface area contributed by atoms with E-state index in [1.54, 1.807) is 0 Å². The minimum Gasteiger partial charge on any atom is -0.309 e. The van der Waals surface area contributed by atoms with Gasteiger partial charge in [-0.1, -0.05) is 152 Å². The van der Waals surface area contributed by atoms with E-state index in [1.165, 1.54) is 70.0 Å². The van der Waals surface area contributed by atoms with Gasteiger partial charge in [-0.3, -0.25) is 0 Å². The molecule has 0 amide bonds. The van der Waals surface area contributed by atoms with Crippen molar-refractivity contribution in [2.75, 3.05) is 4.90 Å². The standard InChI is InChI=1S/C46H31NS/c1-4-13-32(14-5-1)34-23-27-37(28-24-34)47(38-29-25-35(26-30-38)33-15-6-2-7-16-33)43-22-12-21-41-45-40-20-11-10-19-39(40)42(31-44(45)48-46(41)43)36-17-8-3-9-18-36/h1-31H. The molecule has 0 aliphatic carbocycles. The Kier molecular flexibility index (Phi) is 7.07. The molecule has 1 nitrogen and oxygen atoms in total. The van der Waals surface area contributed by atoms with Crippen molar-refractivity contribution < 1.29 is 0 Å². The van der Waals surface area contributed by atoms with Gasteiger partial charge in [-0.15, -0.1) is 11.3 Å². The fourth-order valence-electron chi connectivity index (χ4n) is 6.97. The predicted octanol–water partition coefficient (Wildman–Crippen LogP) is 13.7. The lowest BCUT2D eigenvalue weighted by Crippen LogP contribution is -2.10. The van der Waals surface area contributed by atoms with Crippen LogP contribution in [0.15, 0.2) is 188 Å². The average Bonchev–Trinajstić information content (AvgIpc) is 3.56. The van der Waals surface area contributed by atoms with Crippen LogP contribution in [-0.4, -0.2) is 0 Å². The molecular formula is C46H31NS. The van der Waals surface area contributed by atoms with Crippen LogP contribution in [-0.2, 0) is 0 Å². The number of benzene rings is 8. The molecule has 9 rings (SSSR count). The van der Waals surface area contributed by atoms with Crippen LogP contribution in [0.25, 0.3) is 64.3 Å². The first-order valence-electron chi connectivity index (χ1n) is 16.4. The largest absolute Gasteiger partial charge is 0.309 e. The highest BCUT2D eigenvalue weighted by Gasteiger charge is 2.20. The Balaban J connectivity index is 1.25. The first-order valence-corrected chi connectivity index (χ1v) is 17.2. The maximum absolute atomic E-state index is 2.42. The normalized spacial score (nSPS) is 11.3. The van der Waals surface area contributed by atoms with Crippen LogP contribution in [0.3, 0.4) is 0 Å². The molecule has 0 saturated heterocycles. The molecule has 0 fully saturated rings. The zero-order chi connectivity index (χ0) is 31.9. The van der Waals surface area contributed by atoms with Crippen LogP contribution in [0.5, 0.6) is 0 Å². The van der Waals surface area contributed by atoms with Gasteiger partial charge in [-0.25, -0.2) is 0 Å². The van der Waals surface area contributed by atoms with Crippen molar-refractivity contribution >= 4 is 59.3 Å². The molecule has 0 saturated carbocycles. The van der Waals surface area contributed by atoms with Gasteiger partial charge in [-0.05, 0) is 80.6 Å². The van der Waals surface area contributed by atoms with E-state index in [0.29, 0.717) is 0 Å². The summed E-state index contributed by atoms with van der Waals surface area (Å²) in [5.41, 5.74) is 10.8. The second kappa shape index (κ2) is 12.0. The second-order valence-corrected chi connectivity index (χ2v) is 13.2. The lowest BCUT2D eigenvalue weighted by Gasteiger charge is -2.26. The van der Waals surface area contributed by atoms with Gasteiger partial charge in [0.05, 0.1) is 10.4 Å². The first-order chi connectivity index (χ1) is 23.8. The predicted molar refractivity (Wildman–Crippen MR) is 208 cm³/mol. The molecule has 8 aromatic carbocycles. The Labute approximate surface area is 284 Å². The molecule has 2 heteroatoms. The van der Waals surface area contributed by atoms with E-state index in [4.69, 9.17) is 0 Å².